The van der Waals surface area contributed by atoms with Gasteiger partial charge in [0.15, 0.2) is 0 Å². The maximum atomic E-state index is 13.3. The maximum Gasteiger partial charge on any atom is 0.266 e. The van der Waals surface area contributed by atoms with Crippen LogP contribution in [0.1, 0.15) is 11.1 Å². The third kappa shape index (κ3) is 3.44. The molecule has 3 aromatic carbocycles. The number of nitrogens with one attached hydrogen (secondary N) is 1. The van der Waals surface area contributed by atoms with Crippen LogP contribution >= 0.6 is 0 Å². The quantitative estimate of drug-likeness (QED) is 0.415. The van der Waals surface area contributed by atoms with Gasteiger partial charge in [-0.1, -0.05) is 54.1 Å². The van der Waals surface area contributed by atoms with Crippen molar-refractivity contribution in [2.45, 2.75) is 13.5 Å². The zero-order chi connectivity index (χ0) is 19.5. The average Bonchev–Trinajstić information content (AvgIpc) is 2.73. The Bertz CT molecular complexity index is 1170. The molecule has 0 fully saturated rings. The number of hydrogen-bond donors (Lipinski definition) is 2. The largest absolute Gasteiger partial charge is 0.282 e. The molecule has 1 heterocycles. The highest BCUT2D eigenvalue weighted by molar-refractivity contribution is 5.80. The SMILES string of the molecule is Cc1ccc(-c2nc3ccccc3c(=O)n2-c2ccc(CONN)cc2)cc1. The molecule has 0 atom stereocenters. The van der Waals surface area contributed by atoms with Crippen molar-refractivity contribution in [3.05, 3.63) is 94.3 Å². The van der Waals surface area contributed by atoms with Crippen molar-refractivity contribution >= 4 is 10.9 Å². The molecule has 0 radical (unpaired) electrons. The van der Waals surface area contributed by atoms with Gasteiger partial charge in [-0.25, -0.2) is 10.8 Å². The van der Waals surface area contributed by atoms with E-state index in [0.717, 1.165) is 22.4 Å². The summed E-state index contributed by atoms with van der Waals surface area (Å²) in [5.41, 5.74) is 6.44. The minimum absolute atomic E-state index is 0.103. The highest BCUT2D eigenvalue weighted by Gasteiger charge is 2.14. The number of nitrogens with two attached hydrogens (primary N) is 1. The smallest absolute Gasteiger partial charge is 0.266 e. The predicted octanol–water partition coefficient (Wildman–Crippen LogP) is 3.26. The number of aromatic nitrogens is 2. The van der Waals surface area contributed by atoms with Gasteiger partial charge in [0, 0.05) is 5.56 Å². The first-order chi connectivity index (χ1) is 13.7. The lowest BCUT2D eigenvalue weighted by atomic mass is 10.1. The van der Waals surface area contributed by atoms with E-state index in [1.54, 1.807) is 10.6 Å². The number of rotatable bonds is 5. The number of benzene rings is 3. The first-order valence-electron chi connectivity index (χ1n) is 8.93. The average molecular weight is 372 g/mol. The van der Waals surface area contributed by atoms with Gasteiger partial charge in [0.2, 0.25) is 0 Å². The van der Waals surface area contributed by atoms with Crippen molar-refractivity contribution in [2.75, 3.05) is 0 Å². The molecule has 6 nitrogen and oxygen atoms in total. The second-order valence-corrected chi connectivity index (χ2v) is 6.53. The van der Waals surface area contributed by atoms with E-state index in [1.165, 1.54) is 0 Å². The van der Waals surface area contributed by atoms with E-state index in [2.05, 4.69) is 5.59 Å². The fraction of sp³-hybridized carbons (Fsp3) is 0.0909. The lowest BCUT2D eigenvalue weighted by molar-refractivity contribution is 0.0279. The van der Waals surface area contributed by atoms with E-state index in [9.17, 15) is 4.79 Å². The highest BCUT2D eigenvalue weighted by Crippen LogP contribution is 2.23. The van der Waals surface area contributed by atoms with Crippen LogP contribution in [0.25, 0.3) is 28.0 Å². The summed E-state index contributed by atoms with van der Waals surface area (Å²) in [6.07, 6.45) is 0. The molecular formula is C22H20N4O2. The van der Waals surface area contributed by atoms with Crippen molar-refractivity contribution < 1.29 is 4.84 Å². The molecule has 0 spiro atoms. The van der Waals surface area contributed by atoms with Gasteiger partial charge in [-0.05, 0) is 36.8 Å². The van der Waals surface area contributed by atoms with Gasteiger partial charge in [-0.2, -0.15) is 0 Å². The van der Waals surface area contributed by atoms with Crippen LogP contribution in [-0.4, -0.2) is 9.55 Å². The standard InChI is InChI=1S/C22H20N4O2/c1-15-6-10-17(11-7-15)21-24-20-5-3-2-4-19(20)22(27)26(21)18-12-8-16(9-13-18)14-28-25-23/h2-13,25H,14,23H2,1H3. The third-order valence-corrected chi connectivity index (χ3v) is 4.60. The summed E-state index contributed by atoms with van der Waals surface area (Å²) in [6.45, 7) is 2.36. The molecule has 6 heteroatoms. The molecule has 0 amide bonds. The summed E-state index contributed by atoms with van der Waals surface area (Å²) < 4.78 is 1.65. The van der Waals surface area contributed by atoms with Gasteiger partial charge in [-0.15, -0.1) is 5.59 Å². The van der Waals surface area contributed by atoms with Crippen LogP contribution in [0.4, 0.5) is 0 Å². The predicted molar refractivity (Wildman–Crippen MR) is 110 cm³/mol. The molecule has 0 aliphatic rings. The summed E-state index contributed by atoms with van der Waals surface area (Å²) in [4.78, 5) is 23.1. The molecule has 1 aromatic heterocycles. The van der Waals surface area contributed by atoms with Crippen LogP contribution < -0.4 is 17.0 Å². The number of nitrogens with zero attached hydrogens (tertiary/aromatic N) is 2. The molecule has 4 rings (SSSR count). The fourth-order valence-electron chi connectivity index (χ4n) is 3.13. The van der Waals surface area contributed by atoms with E-state index >= 15 is 0 Å². The molecule has 0 unspecified atom stereocenters. The lowest BCUT2D eigenvalue weighted by Crippen LogP contribution is -2.22. The summed E-state index contributed by atoms with van der Waals surface area (Å²) >= 11 is 0. The third-order valence-electron chi connectivity index (χ3n) is 4.60. The van der Waals surface area contributed by atoms with Gasteiger partial charge in [0.25, 0.3) is 5.56 Å². The number of hydrazine groups is 1. The van der Waals surface area contributed by atoms with Crippen molar-refractivity contribution in [1.29, 1.82) is 0 Å². The van der Waals surface area contributed by atoms with Crippen molar-refractivity contribution in [1.82, 2.24) is 15.1 Å². The highest BCUT2D eigenvalue weighted by atomic mass is 16.7. The molecule has 4 aromatic rings. The minimum atomic E-state index is -0.103. The van der Waals surface area contributed by atoms with Gasteiger partial charge in [0.05, 0.1) is 23.2 Å². The van der Waals surface area contributed by atoms with Crippen LogP contribution in [0.2, 0.25) is 0 Å². The fourth-order valence-corrected chi connectivity index (χ4v) is 3.13. The first-order valence-corrected chi connectivity index (χ1v) is 8.93. The first kappa shape index (κ1) is 18.1. The van der Waals surface area contributed by atoms with E-state index in [1.807, 2.05) is 73.7 Å². The second-order valence-electron chi connectivity index (χ2n) is 6.53. The van der Waals surface area contributed by atoms with Gasteiger partial charge < -0.3 is 0 Å². The zero-order valence-corrected chi connectivity index (χ0v) is 15.4. The molecular weight excluding hydrogens is 352 g/mol. The number of hydrogen-bond acceptors (Lipinski definition) is 5. The summed E-state index contributed by atoms with van der Waals surface area (Å²) in [7, 11) is 0. The van der Waals surface area contributed by atoms with E-state index in [0.29, 0.717) is 23.3 Å². The summed E-state index contributed by atoms with van der Waals surface area (Å²) in [5, 5.41) is 0.582. The molecule has 140 valence electrons. The molecule has 0 saturated heterocycles. The minimum Gasteiger partial charge on any atom is -0.282 e. The monoisotopic (exact) mass is 372 g/mol. The van der Waals surface area contributed by atoms with E-state index in [4.69, 9.17) is 15.7 Å². The van der Waals surface area contributed by atoms with Crippen molar-refractivity contribution in [2.24, 2.45) is 5.84 Å². The Morgan fingerprint density at radius 2 is 1.71 bits per heavy atom. The van der Waals surface area contributed by atoms with E-state index < -0.39 is 0 Å². The Balaban J connectivity index is 1.92. The molecule has 0 aliphatic heterocycles. The molecule has 3 N–H and O–H groups in total. The van der Waals surface area contributed by atoms with Crippen LogP contribution in [0.15, 0.2) is 77.6 Å². The second kappa shape index (κ2) is 7.74. The molecule has 0 aliphatic carbocycles. The number of fused-ring (bicyclic) bond motifs is 1. The maximum absolute atomic E-state index is 13.3. The van der Waals surface area contributed by atoms with E-state index in [-0.39, 0.29) is 5.56 Å². The van der Waals surface area contributed by atoms with Crippen LogP contribution in [0.3, 0.4) is 0 Å². The Kier molecular flexibility index (Phi) is 4.99. The summed E-state index contributed by atoms with van der Waals surface area (Å²) in [5.74, 6) is 5.75. The topological polar surface area (TPSA) is 82.2 Å². The Morgan fingerprint density at radius 3 is 2.43 bits per heavy atom. The van der Waals surface area contributed by atoms with Crippen molar-refractivity contribution in [3.8, 4) is 17.1 Å². The summed E-state index contributed by atoms with van der Waals surface area (Å²) in [6, 6.07) is 22.9. The Hall–Kier alpha value is -3.32. The van der Waals surface area contributed by atoms with Crippen LogP contribution in [0, 0.1) is 6.92 Å². The Morgan fingerprint density at radius 1 is 1.00 bits per heavy atom. The molecule has 28 heavy (non-hydrogen) atoms. The lowest BCUT2D eigenvalue weighted by Gasteiger charge is -2.14. The number of para-hydroxylation sites is 1. The van der Waals surface area contributed by atoms with Gasteiger partial charge >= 0.3 is 0 Å². The molecule has 0 saturated carbocycles. The van der Waals surface area contributed by atoms with Crippen LogP contribution in [-0.2, 0) is 11.4 Å². The zero-order valence-electron chi connectivity index (χ0n) is 15.4. The van der Waals surface area contributed by atoms with Crippen LogP contribution in [0.5, 0.6) is 0 Å². The van der Waals surface area contributed by atoms with Gasteiger partial charge in [0.1, 0.15) is 5.82 Å². The van der Waals surface area contributed by atoms with Crippen molar-refractivity contribution in [3.63, 3.8) is 0 Å². The molecule has 0 bridgehead atoms. The Labute approximate surface area is 162 Å². The number of aryl methyl sites for hydroxylation is 1. The normalized spacial score (nSPS) is 11.1. The van der Waals surface area contributed by atoms with Gasteiger partial charge in [-0.3, -0.25) is 14.2 Å².